The third-order valence-corrected chi connectivity index (χ3v) is 4.04. The monoisotopic (exact) mass is 264 g/mol. The summed E-state index contributed by atoms with van der Waals surface area (Å²) in [7, 11) is 0. The number of rotatable bonds is 3. The number of aryl methyl sites for hydroxylation is 3. The molecule has 0 bridgehead atoms. The van der Waals surface area contributed by atoms with Gasteiger partial charge in [-0.05, 0) is 27.7 Å². The number of nitrogens with zero attached hydrogens (tertiary/aromatic N) is 3. The van der Waals surface area contributed by atoms with Gasteiger partial charge in [-0.1, -0.05) is 11.3 Å². The van der Waals surface area contributed by atoms with Crippen molar-refractivity contribution >= 4 is 17.2 Å². The van der Waals surface area contributed by atoms with Crippen LogP contribution in [-0.4, -0.2) is 20.7 Å². The van der Waals surface area contributed by atoms with E-state index in [4.69, 9.17) is 5.73 Å². The molecular weight excluding hydrogens is 248 g/mol. The van der Waals surface area contributed by atoms with Crippen LogP contribution in [0, 0.1) is 27.7 Å². The topological polar surface area (TPSA) is 73.8 Å². The predicted octanol–water partition coefficient (Wildman–Crippen LogP) is 1.59. The maximum Gasteiger partial charge on any atom is 0.221 e. The highest BCUT2D eigenvalue weighted by Crippen LogP contribution is 2.24. The van der Waals surface area contributed by atoms with Gasteiger partial charge in [-0.2, -0.15) is 5.10 Å². The minimum atomic E-state index is -0.341. The summed E-state index contributed by atoms with van der Waals surface area (Å²) in [4.78, 5) is 16.7. The Bertz CT molecular complexity index is 592. The van der Waals surface area contributed by atoms with E-state index in [1.165, 1.54) is 4.88 Å². The van der Waals surface area contributed by atoms with Gasteiger partial charge in [-0.3, -0.25) is 4.79 Å². The molecule has 0 saturated carbocycles. The molecule has 2 aromatic heterocycles. The fraction of sp³-hybridized carbons (Fsp3) is 0.417. The number of primary amides is 1. The van der Waals surface area contributed by atoms with Gasteiger partial charge in [0.25, 0.3) is 0 Å². The summed E-state index contributed by atoms with van der Waals surface area (Å²) in [6.07, 6.45) is 0.223. The third kappa shape index (κ3) is 2.15. The molecule has 0 radical (unpaired) electrons. The Morgan fingerprint density at radius 1 is 1.28 bits per heavy atom. The molecule has 18 heavy (non-hydrogen) atoms. The highest BCUT2D eigenvalue weighted by Gasteiger charge is 2.16. The van der Waals surface area contributed by atoms with E-state index in [0.717, 1.165) is 27.8 Å². The lowest BCUT2D eigenvalue weighted by molar-refractivity contribution is -0.117. The summed E-state index contributed by atoms with van der Waals surface area (Å²) in [6.45, 7) is 7.83. The second kappa shape index (κ2) is 4.53. The van der Waals surface area contributed by atoms with Crippen molar-refractivity contribution in [3.8, 4) is 5.13 Å². The van der Waals surface area contributed by atoms with Crippen LogP contribution in [0.2, 0.25) is 0 Å². The molecule has 2 heterocycles. The first kappa shape index (κ1) is 12.8. The van der Waals surface area contributed by atoms with E-state index in [-0.39, 0.29) is 12.3 Å². The molecule has 0 atom stereocenters. The molecule has 2 aromatic rings. The van der Waals surface area contributed by atoms with Gasteiger partial charge in [0.05, 0.1) is 17.8 Å². The molecule has 0 aliphatic carbocycles. The van der Waals surface area contributed by atoms with Gasteiger partial charge < -0.3 is 5.73 Å². The lowest BCUT2D eigenvalue weighted by atomic mass is 10.1. The Kier molecular flexibility index (Phi) is 3.21. The van der Waals surface area contributed by atoms with Crippen LogP contribution in [0.1, 0.15) is 27.5 Å². The molecule has 0 fully saturated rings. The van der Waals surface area contributed by atoms with Crippen LogP contribution in [0.25, 0.3) is 5.13 Å². The van der Waals surface area contributed by atoms with Gasteiger partial charge in [-0.15, -0.1) is 0 Å². The van der Waals surface area contributed by atoms with Crippen molar-refractivity contribution in [2.75, 3.05) is 0 Å². The highest BCUT2D eigenvalue weighted by atomic mass is 32.1. The molecule has 0 spiro atoms. The Hall–Kier alpha value is -1.69. The van der Waals surface area contributed by atoms with Crippen LogP contribution in [0.5, 0.6) is 0 Å². The number of carbonyl (C=O) groups is 1. The minimum absolute atomic E-state index is 0.223. The van der Waals surface area contributed by atoms with E-state index < -0.39 is 0 Å². The molecule has 5 nitrogen and oxygen atoms in total. The lowest BCUT2D eigenvalue weighted by Crippen LogP contribution is -2.14. The molecule has 0 unspecified atom stereocenters. The molecule has 0 saturated heterocycles. The van der Waals surface area contributed by atoms with Crippen molar-refractivity contribution in [3.63, 3.8) is 0 Å². The number of amides is 1. The van der Waals surface area contributed by atoms with Crippen LogP contribution in [0.3, 0.4) is 0 Å². The van der Waals surface area contributed by atoms with E-state index in [1.807, 2.05) is 27.7 Å². The predicted molar refractivity (Wildman–Crippen MR) is 71.1 cm³/mol. The van der Waals surface area contributed by atoms with Crippen molar-refractivity contribution in [2.24, 2.45) is 5.73 Å². The Morgan fingerprint density at radius 2 is 1.94 bits per heavy atom. The molecule has 0 aliphatic heterocycles. The van der Waals surface area contributed by atoms with E-state index in [0.29, 0.717) is 0 Å². The molecule has 6 heteroatoms. The van der Waals surface area contributed by atoms with Crippen LogP contribution >= 0.6 is 11.3 Å². The Labute approximate surface area is 110 Å². The molecule has 0 aliphatic rings. The highest BCUT2D eigenvalue weighted by molar-refractivity contribution is 7.14. The summed E-state index contributed by atoms with van der Waals surface area (Å²) in [5, 5.41) is 5.28. The quantitative estimate of drug-likeness (QED) is 0.914. The molecule has 2 rings (SSSR count). The maximum atomic E-state index is 11.0. The SMILES string of the molecule is Cc1nc(-n2nc(C)c(CC(N)=O)c2C)sc1C. The largest absolute Gasteiger partial charge is 0.369 e. The zero-order valence-electron chi connectivity index (χ0n) is 10.9. The molecular formula is C12H16N4OS. The van der Waals surface area contributed by atoms with Gasteiger partial charge in [0.15, 0.2) is 0 Å². The fourth-order valence-electron chi connectivity index (χ4n) is 1.84. The van der Waals surface area contributed by atoms with E-state index in [2.05, 4.69) is 10.1 Å². The minimum Gasteiger partial charge on any atom is -0.369 e. The summed E-state index contributed by atoms with van der Waals surface area (Å²) in [6, 6.07) is 0. The van der Waals surface area contributed by atoms with E-state index in [9.17, 15) is 4.79 Å². The Morgan fingerprint density at radius 3 is 2.44 bits per heavy atom. The average molecular weight is 264 g/mol. The van der Waals surface area contributed by atoms with E-state index >= 15 is 0 Å². The zero-order valence-corrected chi connectivity index (χ0v) is 11.8. The standard InChI is InChI=1S/C12H16N4OS/c1-6-9(4)18-12(14-6)16-8(3)10(5-11(13)17)7(2)15-16/h5H2,1-4H3,(H2,13,17). The average Bonchev–Trinajstić information content (AvgIpc) is 2.73. The van der Waals surface area contributed by atoms with Crippen molar-refractivity contribution in [1.82, 2.24) is 14.8 Å². The van der Waals surface area contributed by atoms with Crippen LogP contribution in [-0.2, 0) is 11.2 Å². The first-order valence-corrected chi connectivity index (χ1v) is 6.49. The summed E-state index contributed by atoms with van der Waals surface area (Å²) >= 11 is 1.60. The zero-order chi connectivity index (χ0) is 13.4. The number of thiazole rings is 1. The van der Waals surface area contributed by atoms with Crippen molar-refractivity contribution in [3.05, 3.63) is 27.5 Å². The molecule has 1 amide bonds. The van der Waals surface area contributed by atoms with Gasteiger partial charge in [0, 0.05) is 16.1 Å². The van der Waals surface area contributed by atoms with Crippen LogP contribution < -0.4 is 5.73 Å². The first-order chi connectivity index (χ1) is 8.40. The lowest BCUT2D eigenvalue weighted by Gasteiger charge is -2.00. The van der Waals surface area contributed by atoms with Gasteiger partial charge in [0.2, 0.25) is 11.0 Å². The summed E-state index contributed by atoms with van der Waals surface area (Å²) in [5.41, 5.74) is 8.92. The second-order valence-electron chi connectivity index (χ2n) is 4.34. The number of aromatic nitrogens is 3. The van der Waals surface area contributed by atoms with E-state index in [1.54, 1.807) is 16.0 Å². The van der Waals surface area contributed by atoms with Crippen molar-refractivity contribution in [1.29, 1.82) is 0 Å². The number of carbonyl (C=O) groups excluding carboxylic acids is 1. The van der Waals surface area contributed by atoms with Crippen LogP contribution in [0.4, 0.5) is 0 Å². The second-order valence-corrected chi connectivity index (χ2v) is 5.52. The summed E-state index contributed by atoms with van der Waals surface area (Å²) in [5.74, 6) is -0.341. The smallest absolute Gasteiger partial charge is 0.221 e. The molecule has 96 valence electrons. The normalized spacial score (nSPS) is 10.9. The molecule has 2 N–H and O–H groups in total. The van der Waals surface area contributed by atoms with Crippen molar-refractivity contribution in [2.45, 2.75) is 34.1 Å². The number of nitrogens with two attached hydrogens (primary N) is 1. The van der Waals surface area contributed by atoms with Gasteiger partial charge in [-0.25, -0.2) is 9.67 Å². The Balaban J connectivity index is 2.49. The number of hydrogen-bond acceptors (Lipinski definition) is 4. The first-order valence-electron chi connectivity index (χ1n) is 5.68. The van der Waals surface area contributed by atoms with Gasteiger partial charge >= 0.3 is 0 Å². The number of hydrogen-bond donors (Lipinski definition) is 1. The molecule has 0 aromatic carbocycles. The summed E-state index contributed by atoms with van der Waals surface area (Å²) < 4.78 is 1.79. The fourth-order valence-corrected chi connectivity index (χ4v) is 2.75. The van der Waals surface area contributed by atoms with Crippen molar-refractivity contribution < 1.29 is 4.79 Å². The maximum absolute atomic E-state index is 11.0. The van der Waals surface area contributed by atoms with Crippen LogP contribution in [0.15, 0.2) is 0 Å². The third-order valence-electron chi connectivity index (χ3n) is 2.99. The van der Waals surface area contributed by atoms with Gasteiger partial charge in [0.1, 0.15) is 0 Å².